The van der Waals surface area contributed by atoms with Gasteiger partial charge in [0.2, 0.25) is 0 Å². The Morgan fingerprint density at radius 2 is 1.00 bits per heavy atom. The summed E-state index contributed by atoms with van der Waals surface area (Å²) in [4.78, 5) is 0. The Balaban J connectivity index is 1.92. The number of halogens is 1. The van der Waals surface area contributed by atoms with Gasteiger partial charge in [-0.05, 0) is 0 Å². The topological polar surface area (TPSA) is 0 Å². The van der Waals surface area contributed by atoms with Gasteiger partial charge in [0.25, 0.3) is 0 Å². The van der Waals surface area contributed by atoms with Crippen molar-refractivity contribution in [2.75, 3.05) is 0 Å². The van der Waals surface area contributed by atoms with Crippen molar-refractivity contribution in [3.05, 3.63) is 120 Å². The van der Waals surface area contributed by atoms with Gasteiger partial charge in [0.1, 0.15) is 0 Å². The second-order valence-electron chi connectivity index (χ2n) is 5.83. The van der Waals surface area contributed by atoms with Gasteiger partial charge < -0.3 is 0 Å². The predicted molar refractivity (Wildman–Crippen MR) is 114 cm³/mol. The van der Waals surface area contributed by atoms with Crippen molar-refractivity contribution in [2.45, 2.75) is 0 Å². The fraction of sp³-hybridized carbons (Fsp3) is 0. The molecule has 0 saturated carbocycles. The van der Waals surface area contributed by atoms with E-state index >= 15 is 0 Å². The van der Waals surface area contributed by atoms with Crippen LogP contribution in [0.15, 0.2) is 103 Å². The van der Waals surface area contributed by atoms with Gasteiger partial charge in [-0.15, -0.1) is 0 Å². The van der Waals surface area contributed by atoms with E-state index in [1.54, 1.807) is 0 Å². The van der Waals surface area contributed by atoms with Crippen LogP contribution in [0.1, 0.15) is 16.7 Å². The van der Waals surface area contributed by atoms with Crippen LogP contribution in [0.4, 0.5) is 0 Å². The summed E-state index contributed by atoms with van der Waals surface area (Å²) < 4.78 is 2.83. The predicted octanol–water partition coefficient (Wildman–Crippen LogP) is 5.90. The van der Waals surface area contributed by atoms with E-state index in [9.17, 15) is 0 Å². The minimum atomic E-state index is -1.27. The summed E-state index contributed by atoms with van der Waals surface area (Å²) in [5.74, 6) is 0. The zero-order valence-corrected chi connectivity index (χ0v) is 16.9. The summed E-state index contributed by atoms with van der Waals surface area (Å²) in [5, 5.41) is 0. The van der Waals surface area contributed by atoms with Crippen molar-refractivity contribution < 1.29 is 0 Å². The molecule has 0 aliphatic carbocycles. The van der Waals surface area contributed by atoms with Crippen LogP contribution < -0.4 is 0 Å². The van der Waals surface area contributed by atoms with Gasteiger partial charge in [-0.2, -0.15) is 0 Å². The van der Waals surface area contributed by atoms with Gasteiger partial charge in [0, 0.05) is 0 Å². The van der Waals surface area contributed by atoms with Gasteiger partial charge in [-0.3, -0.25) is 0 Å². The Morgan fingerprint density at radius 1 is 0.520 bits per heavy atom. The molecule has 4 rings (SSSR count). The summed E-state index contributed by atoms with van der Waals surface area (Å²) in [5.41, 5.74) is 5.15. The molecule has 0 saturated heterocycles. The first kappa shape index (κ1) is 16.5. The summed E-state index contributed by atoms with van der Waals surface area (Å²) in [6, 6.07) is 32.1. The average Bonchev–Trinajstić information content (AvgIpc) is 2.70. The molecule has 25 heavy (non-hydrogen) atoms. The maximum atomic E-state index is 4.07. The van der Waals surface area contributed by atoms with Crippen LogP contribution in [0.5, 0.6) is 0 Å². The molecule has 1 aliphatic rings. The Morgan fingerprint density at radius 3 is 1.56 bits per heavy atom. The molecule has 1 heterocycles. The van der Waals surface area contributed by atoms with Crippen molar-refractivity contribution in [3.63, 3.8) is 0 Å². The van der Waals surface area contributed by atoms with Crippen molar-refractivity contribution in [1.29, 1.82) is 0 Å². The number of rotatable bonds is 3. The molecule has 0 amide bonds. The third kappa shape index (κ3) is 3.52. The second-order valence-corrected chi connectivity index (χ2v) is 12.1. The maximum absolute atomic E-state index is 4.07. The normalized spacial score (nSPS) is 17.0. The Labute approximate surface area is 159 Å². The first-order chi connectivity index (χ1) is 12.3. The molecule has 2 heteroatoms. The Kier molecular flexibility index (Phi) is 4.94. The molecule has 0 fully saturated rings. The third-order valence-electron chi connectivity index (χ3n) is 4.18. The average molecular weight is 452 g/mol. The molecule has 1 aliphatic heterocycles. The fourth-order valence-corrected chi connectivity index (χ4v) is 8.74. The summed E-state index contributed by atoms with van der Waals surface area (Å²) in [6.45, 7) is 0. The van der Waals surface area contributed by atoms with E-state index in [1.165, 1.54) is 31.2 Å². The van der Waals surface area contributed by atoms with Crippen molar-refractivity contribution >= 4 is 40.2 Å². The number of allylic oxidation sites excluding steroid dienone is 3. The van der Waals surface area contributed by atoms with Crippen LogP contribution in [0.25, 0.3) is 10.0 Å². The van der Waals surface area contributed by atoms with Gasteiger partial charge in [0.15, 0.2) is 0 Å². The van der Waals surface area contributed by atoms with Crippen LogP contribution in [0.3, 0.4) is 0 Å². The fourth-order valence-electron chi connectivity index (χ4n) is 2.92. The molecular weight excluding hydrogens is 435 g/mol. The molecule has 0 N–H and O–H groups in total. The monoisotopic (exact) mass is 452 g/mol. The minimum absolute atomic E-state index is 1.26. The van der Waals surface area contributed by atoms with Crippen LogP contribution in [-0.4, -0.2) is 16.1 Å². The number of benzene rings is 3. The van der Waals surface area contributed by atoms with Crippen molar-refractivity contribution in [3.8, 4) is 0 Å². The molecule has 1 unspecified atom stereocenters. The van der Waals surface area contributed by atoms with E-state index in [0.29, 0.717) is 0 Å². The number of hydrogen-bond donors (Lipinski definition) is 0. The van der Waals surface area contributed by atoms with E-state index in [4.69, 9.17) is 0 Å². The molecular formula is C23H17BrSe. The standard InChI is InChI=1S/C23H17BrSe/c24-25-22(19-12-6-2-7-13-19)16-21(18-10-4-1-5-11-18)17-23(25)20-14-8-3-9-15-20/h1-17H. The van der Waals surface area contributed by atoms with E-state index in [2.05, 4.69) is 117 Å². The van der Waals surface area contributed by atoms with Crippen LogP contribution in [0, 0.1) is 0 Å². The molecule has 0 nitrogen and oxygen atoms in total. The van der Waals surface area contributed by atoms with E-state index < -0.39 is 11.7 Å². The van der Waals surface area contributed by atoms with Crippen LogP contribution >= 0.6 is 14.1 Å². The van der Waals surface area contributed by atoms with Gasteiger partial charge >= 0.3 is 160 Å². The molecule has 0 spiro atoms. The molecule has 1 atom stereocenters. The van der Waals surface area contributed by atoms with Crippen LogP contribution in [0.2, 0.25) is 0 Å². The molecule has 0 radical (unpaired) electrons. The van der Waals surface area contributed by atoms with Crippen molar-refractivity contribution in [1.82, 2.24) is 0 Å². The zero-order valence-electron chi connectivity index (χ0n) is 13.6. The van der Waals surface area contributed by atoms with E-state index in [0.717, 1.165) is 0 Å². The number of hydrogen-bond acceptors (Lipinski definition) is 0. The summed E-state index contributed by atoms with van der Waals surface area (Å²) >= 11 is 2.80. The zero-order chi connectivity index (χ0) is 17.1. The Bertz CT molecular complexity index is 966. The van der Waals surface area contributed by atoms with E-state index in [-0.39, 0.29) is 0 Å². The van der Waals surface area contributed by atoms with Crippen molar-refractivity contribution in [2.24, 2.45) is 0 Å². The van der Waals surface area contributed by atoms with Crippen LogP contribution in [-0.2, 0) is 0 Å². The van der Waals surface area contributed by atoms with E-state index in [1.807, 2.05) is 0 Å². The second kappa shape index (κ2) is 7.49. The summed E-state index contributed by atoms with van der Waals surface area (Å²) in [7, 11) is 0. The third-order valence-corrected chi connectivity index (χ3v) is 10.9. The molecule has 0 bridgehead atoms. The molecule has 0 aromatic heterocycles. The first-order valence-corrected chi connectivity index (χ1v) is 13.9. The van der Waals surface area contributed by atoms with Gasteiger partial charge in [-0.25, -0.2) is 0 Å². The van der Waals surface area contributed by atoms with Gasteiger partial charge in [0.05, 0.1) is 0 Å². The quantitative estimate of drug-likeness (QED) is 0.435. The Hall–Kier alpha value is -1.99. The molecule has 3 aromatic carbocycles. The molecule has 3 aromatic rings. The summed E-state index contributed by atoms with van der Waals surface area (Å²) in [6.07, 6.45) is 4.72. The first-order valence-electron chi connectivity index (χ1n) is 8.20. The molecule has 122 valence electrons. The van der Waals surface area contributed by atoms with Gasteiger partial charge in [-0.1, -0.05) is 0 Å². The SMILES string of the molecule is Br[Se]1=C(c2ccccc2)C=C(c2ccccc2)C=C1c1ccccc1.